The molecule has 0 fully saturated rings. The van der Waals surface area contributed by atoms with Gasteiger partial charge in [0.1, 0.15) is 5.82 Å². The van der Waals surface area contributed by atoms with Crippen molar-refractivity contribution in [2.45, 2.75) is 31.7 Å². The van der Waals surface area contributed by atoms with Gasteiger partial charge in [-0.3, -0.25) is 0 Å². The molecule has 4 nitrogen and oxygen atoms in total. The lowest BCUT2D eigenvalue weighted by Crippen LogP contribution is -2.36. The Kier molecular flexibility index (Phi) is 4.11. The Morgan fingerprint density at radius 3 is 2.29 bits per heavy atom. The molecular weight excluding hydrogens is 243 g/mol. The first kappa shape index (κ1) is 13.9. The minimum absolute atomic E-state index is 0.0857. The Labute approximate surface area is 101 Å². The quantitative estimate of drug-likeness (QED) is 0.810. The van der Waals surface area contributed by atoms with Crippen molar-refractivity contribution in [2.24, 2.45) is 5.92 Å². The summed E-state index contributed by atoms with van der Waals surface area (Å²) in [6.45, 7) is 5.55. The second-order valence-corrected chi connectivity index (χ2v) is 6.09. The van der Waals surface area contributed by atoms with Crippen molar-refractivity contribution in [1.82, 2.24) is 4.72 Å². The molecule has 6 heteroatoms. The van der Waals surface area contributed by atoms with E-state index in [-0.39, 0.29) is 22.5 Å². The van der Waals surface area contributed by atoms with Crippen molar-refractivity contribution in [2.75, 3.05) is 5.73 Å². The van der Waals surface area contributed by atoms with E-state index >= 15 is 0 Å². The predicted molar refractivity (Wildman–Crippen MR) is 65.4 cm³/mol. The molecular formula is C11H17FN2O2S. The molecule has 0 spiro atoms. The number of hydrogen-bond donors (Lipinski definition) is 2. The van der Waals surface area contributed by atoms with E-state index in [1.807, 2.05) is 13.8 Å². The molecule has 0 aliphatic rings. The fourth-order valence-electron chi connectivity index (χ4n) is 1.19. The van der Waals surface area contributed by atoms with Crippen LogP contribution >= 0.6 is 0 Å². The second-order valence-electron chi connectivity index (χ2n) is 4.37. The lowest BCUT2D eigenvalue weighted by molar-refractivity contribution is 0.476. The number of halogens is 1. The third-order valence-corrected chi connectivity index (χ3v) is 4.08. The van der Waals surface area contributed by atoms with E-state index in [2.05, 4.69) is 4.72 Å². The Bertz CT molecular complexity index is 480. The Morgan fingerprint density at radius 2 is 1.82 bits per heavy atom. The first-order valence-corrected chi connectivity index (χ1v) is 6.79. The van der Waals surface area contributed by atoms with Gasteiger partial charge in [-0.15, -0.1) is 0 Å². The van der Waals surface area contributed by atoms with E-state index in [0.29, 0.717) is 0 Å². The molecule has 0 saturated heterocycles. The van der Waals surface area contributed by atoms with E-state index in [1.165, 1.54) is 6.07 Å². The molecule has 17 heavy (non-hydrogen) atoms. The van der Waals surface area contributed by atoms with Crippen LogP contribution in [0, 0.1) is 11.7 Å². The van der Waals surface area contributed by atoms with Crippen LogP contribution in [-0.2, 0) is 10.0 Å². The van der Waals surface area contributed by atoms with Crippen LogP contribution in [0.3, 0.4) is 0 Å². The lowest BCUT2D eigenvalue weighted by atomic mass is 10.1. The predicted octanol–water partition coefficient (Wildman–Crippen LogP) is 1.73. The summed E-state index contributed by atoms with van der Waals surface area (Å²) in [6.07, 6.45) is 0. The fourth-order valence-corrected chi connectivity index (χ4v) is 2.65. The van der Waals surface area contributed by atoms with Crippen LogP contribution in [-0.4, -0.2) is 14.5 Å². The van der Waals surface area contributed by atoms with Gasteiger partial charge in [0.05, 0.1) is 4.90 Å². The van der Waals surface area contributed by atoms with E-state index in [4.69, 9.17) is 5.73 Å². The third kappa shape index (κ3) is 3.67. The van der Waals surface area contributed by atoms with Gasteiger partial charge in [-0.2, -0.15) is 0 Å². The molecule has 0 heterocycles. The molecule has 0 bridgehead atoms. The van der Waals surface area contributed by atoms with Crippen LogP contribution in [0.2, 0.25) is 0 Å². The van der Waals surface area contributed by atoms with Gasteiger partial charge in [0, 0.05) is 11.7 Å². The number of nitrogen functional groups attached to an aromatic ring is 1. The number of hydrogen-bond acceptors (Lipinski definition) is 3. The molecule has 0 aromatic heterocycles. The zero-order valence-electron chi connectivity index (χ0n) is 10.1. The molecule has 0 amide bonds. The number of anilines is 1. The highest BCUT2D eigenvalue weighted by atomic mass is 32.2. The summed E-state index contributed by atoms with van der Waals surface area (Å²) >= 11 is 0. The topological polar surface area (TPSA) is 72.2 Å². The van der Waals surface area contributed by atoms with Gasteiger partial charge >= 0.3 is 0 Å². The number of nitrogens with two attached hydrogens (primary N) is 1. The zero-order chi connectivity index (χ0) is 13.2. The van der Waals surface area contributed by atoms with Crippen LogP contribution in [0.1, 0.15) is 20.8 Å². The summed E-state index contributed by atoms with van der Waals surface area (Å²) in [5.41, 5.74) is 5.50. The summed E-state index contributed by atoms with van der Waals surface area (Å²) in [5, 5.41) is 0. The van der Waals surface area contributed by atoms with Crippen LogP contribution < -0.4 is 10.5 Å². The molecule has 3 N–H and O–H groups in total. The molecule has 1 aromatic carbocycles. The lowest BCUT2D eigenvalue weighted by Gasteiger charge is -2.17. The molecule has 96 valence electrons. The Morgan fingerprint density at radius 1 is 1.24 bits per heavy atom. The van der Waals surface area contributed by atoms with Crippen molar-refractivity contribution in [3.8, 4) is 0 Å². The summed E-state index contributed by atoms with van der Waals surface area (Å²) in [6, 6.07) is 3.03. The van der Waals surface area contributed by atoms with Crippen molar-refractivity contribution in [3.63, 3.8) is 0 Å². The van der Waals surface area contributed by atoms with Gasteiger partial charge in [-0.1, -0.05) is 13.8 Å². The van der Waals surface area contributed by atoms with E-state index < -0.39 is 15.8 Å². The zero-order valence-corrected chi connectivity index (χ0v) is 10.9. The van der Waals surface area contributed by atoms with Gasteiger partial charge in [-0.25, -0.2) is 17.5 Å². The molecule has 1 unspecified atom stereocenters. The average Bonchev–Trinajstić information content (AvgIpc) is 2.15. The maximum Gasteiger partial charge on any atom is 0.240 e. The minimum atomic E-state index is -3.72. The summed E-state index contributed by atoms with van der Waals surface area (Å²) in [7, 11) is -3.72. The highest BCUT2D eigenvalue weighted by molar-refractivity contribution is 7.89. The summed E-state index contributed by atoms with van der Waals surface area (Å²) < 4.78 is 39.4. The molecule has 1 rings (SSSR count). The molecule has 0 aliphatic heterocycles. The van der Waals surface area contributed by atoms with Crippen LogP contribution in [0.25, 0.3) is 0 Å². The first-order valence-electron chi connectivity index (χ1n) is 5.31. The monoisotopic (exact) mass is 260 g/mol. The smallest absolute Gasteiger partial charge is 0.240 e. The van der Waals surface area contributed by atoms with E-state index in [1.54, 1.807) is 6.92 Å². The van der Waals surface area contributed by atoms with Gasteiger partial charge in [0.15, 0.2) is 0 Å². The van der Waals surface area contributed by atoms with Crippen molar-refractivity contribution < 1.29 is 12.8 Å². The number of rotatable bonds is 4. The maximum absolute atomic E-state index is 13.1. The Hall–Kier alpha value is -1.14. The van der Waals surface area contributed by atoms with Crippen molar-refractivity contribution >= 4 is 15.7 Å². The largest absolute Gasteiger partial charge is 0.399 e. The standard InChI is InChI=1S/C11H17FN2O2S/c1-7(2)8(3)14-17(15,16)11-5-9(12)4-10(13)6-11/h4-8,14H,13H2,1-3H3. The second kappa shape index (κ2) is 5.01. The van der Waals surface area contributed by atoms with Gasteiger partial charge in [0.2, 0.25) is 10.0 Å². The Balaban J connectivity index is 3.05. The fraction of sp³-hybridized carbons (Fsp3) is 0.455. The van der Waals surface area contributed by atoms with Crippen LogP contribution in [0.4, 0.5) is 10.1 Å². The van der Waals surface area contributed by atoms with Crippen LogP contribution in [0.5, 0.6) is 0 Å². The first-order chi connectivity index (χ1) is 7.72. The summed E-state index contributed by atoms with van der Waals surface area (Å²) in [5.74, 6) is -0.516. The molecule has 1 atom stereocenters. The van der Waals surface area contributed by atoms with Crippen molar-refractivity contribution in [3.05, 3.63) is 24.0 Å². The molecule has 0 saturated carbocycles. The molecule has 1 aromatic rings. The minimum Gasteiger partial charge on any atom is -0.399 e. The number of sulfonamides is 1. The average molecular weight is 260 g/mol. The SMILES string of the molecule is CC(C)C(C)NS(=O)(=O)c1cc(N)cc(F)c1. The van der Waals surface area contributed by atoms with Crippen molar-refractivity contribution in [1.29, 1.82) is 0 Å². The maximum atomic E-state index is 13.1. The van der Waals surface area contributed by atoms with Gasteiger partial charge in [0.25, 0.3) is 0 Å². The van der Waals surface area contributed by atoms with E-state index in [9.17, 15) is 12.8 Å². The van der Waals surface area contributed by atoms with E-state index in [0.717, 1.165) is 12.1 Å². The normalized spacial score (nSPS) is 13.9. The van der Waals surface area contributed by atoms with Crippen LogP contribution in [0.15, 0.2) is 23.1 Å². The molecule has 0 aliphatic carbocycles. The number of nitrogens with one attached hydrogen (secondary N) is 1. The number of benzene rings is 1. The summed E-state index contributed by atoms with van der Waals surface area (Å²) in [4.78, 5) is -0.150. The van der Waals surface area contributed by atoms with Gasteiger partial charge < -0.3 is 5.73 Å². The van der Waals surface area contributed by atoms with Gasteiger partial charge in [-0.05, 0) is 31.0 Å². The third-order valence-electron chi connectivity index (χ3n) is 2.54. The highest BCUT2D eigenvalue weighted by Gasteiger charge is 2.20. The highest BCUT2D eigenvalue weighted by Crippen LogP contribution is 2.16. The molecule has 0 radical (unpaired) electrons.